The van der Waals surface area contributed by atoms with E-state index in [1.54, 1.807) is 0 Å². The van der Waals surface area contributed by atoms with Crippen molar-refractivity contribution in [3.8, 4) is 0 Å². The first-order valence-electron chi connectivity index (χ1n) is 12.3. The topological polar surface area (TPSA) is 69.6 Å². The molecule has 0 radical (unpaired) electrons. The van der Waals surface area contributed by atoms with Gasteiger partial charge in [0.25, 0.3) is 0 Å². The van der Waals surface area contributed by atoms with E-state index >= 15 is 0 Å². The van der Waals surface area contributed by atoms with Crippen LogP contribution in [0.2, 0.25) is 0 Å². The molecule has 2 amide bonds. The van der Waals surface area contributed by atoms with Crippen molar-refractivity contribution in [2.24, 2.45) is 0 Å². The fourth-order valence-corrected chi connectivity index (χ4v) is 5.41. The zero-order valence-electron chi connectivity index (χ0n) is 19.5. The molecule has 3 aliphatic rings. The van der Waals surface area contributed by atoms with Gasteiger partial charge in [0.1, 0.15) is 11.6 Å². The van der Waals surface area contributed by atoms with Gasteiger partial charge in [0.05, 0.1) is 19.1 Å². The number of anilines is 1. The van der Waals surface area contributed by atoms with Crippen LogP contribution in [0.3, 0.4) is 0 Å². The zero-order chi connectivity index (χ0) is 22.8. The third kappa shape index (κ3) is 4.64. The number of aryl methyl sites for hydroxylation is 1. The average Bonchev–Trinajstić information content (AvgIpc) is 3.30. The monoisotopic (exact) mass is 447 g/mol. The molecule has 7 heteroatoms. The second-order valence-corrected chi connectivity index (χ2v) is 9.50. The third-order valence-electron chi connectivity index (χ3n) is 7.25. The minimum absolute atomic E-state index is 0.0262. The molecule has 1 aromatic carbocycles. The van der Waals surface area contributed by atoms with E-state index in [1.807, 2.05) is 47.1 Å². The van der Waals surface area contributed by atoms with Gasteiger partial charge in [-0.1, -0.05) is 30.3 Å². The molecule has 3 aliphatic heterocycles. The molecule has 2 saturated heterocycles. The minimum Gasteiger partial charge on any atom is -0.342 e. The molecule has 174 valence electrons. The number of benzene rings is 1. The smallest absolute Gasteiger partial charge is 0.236 e. The molecule has 0 bridgehead atoms. The first kappa shape index (κ1) is 22.0. The number of aromatic nitrogens is 2. The van der Waals surface area contributed by atoms with E-state index in [0.29, 0.717) is 25.9 Å². The molecule has 5 rings (SSSR count). The Bertz CT molecular complexity index is 1020. The first-order chi connectivity index (χ1) is 16.1. The fourth-order valence-electron chi connectivity index (χ4n) is 5.41. The number of carbonyl (C=O) groups excluding carboxylic acids is 2. The van der Waals surface area contributed by atoms with Crippen LogP contribution in [0.1, 0.15) is 67.2 Å². The van der Waals surface area contributed by atoms with Gasteiger partial charge >= 0.3 is 0 Å². The Morgan fingerprint density at radius 3 is 2.58 bits per heavy atom. The lowest BCUT2D eigenvalue weighted by molar-refractivity contribution is -0.133. The molecular formula is C26H33N5O2. The number of piperidine rings is 1. The minimum atomic E-state index is 0.0262. The molecule has 4 heterocycles. The van der Waals surface area contributed by atoms with Gasteiger partial charge in [-0.05, 0) is 57.6 Å². The van der Waals surface area contributed by atoms with Gasteiger partial charge in [-0.25, -0.2) is 9.97 Å². The number of rotatable bonds is 5. The molecule has 0 unspecified atom stereocenters. The summed E-state index contributed by atoms with van der Waals surface area (Å²) in [6.07, 6.45) is 6.58. The number of likely N-dealkylation sites (tertiary alicyclic amines) is 2. The lowest BCUT2D eigenvalue weighted by Crippen LogP contribution is -2.43. The van der Waals surface area contributed by atoms with E-state index < -0.39 is 0 Å². The quantitative estimate of drug-likeness (QED) is 0.703. The molecule has 2 aromatic rings. The van der Waals surface area contributed by atoms with Crippen LogP contribution in [0.4, 0.5) is 5.82 Å². The second-order valence-electron chi connectivity index (χ2n) is 9.50. The van der Waals surface area contributed by atoms with Gasteiger partial charge in [-0.15, -0.1) is 0 Å². The lowest BCUT2D eigenvalue weighted by Gasteiger charge is -2.32. The normalized spacial score (nSPS) is 21.4. The predicted molar refractivity (Wildman–Crippen MR) is 127 cm³/mol. The van der Waals surface area contributed by atoms with Gasteiger partial charge < -0.3 is 4.90 Å². The number of amides is 2. The Hall–Kier alpha value is -2.80. The summed E-state index contributed by atoms with van der Waals surface area (Å²) >= 11 is 0. The van der Waals surface area contributed by atoms with Gasteiger partial charge in [-0.3, -0.25) is 19.4 Å². The van der Waals surface area contributed by atoms with Crippen LogP contribution < -0.4 is 4.90 Å². The summed E-state index contributed by atoms with van der Waals surface area (Å²) in [7, 11) is 0. The Morgan fingerprint density at radius 2 is 1.79 bits per heavy atom. The van der Waals surface area contributed by atoms with Crippen molar-refractivity contribution in [2.45, 2.75) is 64.5 Å². The van der Waals surface area contributed by atoms with Crippen LogP contribution in [0.15, 0.2) is 30.3 Å². The molecule has 0 aliphatic carbocycles. The molecule has 1 atom stereocenters. The molecule has 0 spiro atoms. The van der Waals surface area contributed by atoms with Crippen LogP contribution >= 0.6 is 0 Å². The predicted octanol–water partition coefficient (Wildman–Crippen LogP) is 3.41. The van der Waals surface area contributed by atoms with E-state index in [9.17, 15) is 9.59 Å². The van der Waals surface area contributed by atoms with Crippen LogP contribution in [-0.4, -0.2) is 57.8 Å². The Balaban J connectivity index is 1.40. The SMILES string of the molecule is Cc1nc([C@H]2CCCN2CC(=O)N2CCCCC2)nc2c1CCC(=O)N2Cc1ccccc1. The maximum atomic E-state index is 12.9. The van der Waals surface area contributed by atoms with Crippen molar-refractivity contribution in [3.63, 3.8) is 0 Å². The summed E-state index contributed by atoms with van der Waals surface area (Å²) in [6, 6.07) is 10.1. The molecule has 7 nitrogen and oxygen atoms in total. The van der Waals surface area contributed by atoms with Crippen LogP contribution in [-0.2, 0) is 22.6 Å². The zero-order valence-corrected chi connectivity index (χ0v) is 19.5. The fraction of sp³-hybridized carbons (Fsp3) is 0.538. The molecule has 1 aromatic heterocycles. The van der Waals surface area contributed by atoms with Gasteiger partial charge in [0.15, 0.2) is 0 Å². The van der Waals surface area contributed by atoms with Crippen molar-refractivity contribution >= 4 is 17.6 Å². The number of hydrogen-bond donors (Lipinski definition) is 0. The Morgan fingerprint density at radius 1 is 1.00 bits per heavy atom. The lowest BCUT2D eigenvalue weighted by atomic mass is 10.0. The van der Waals surface area contributed by atoms with E-state index in [2.05, 4.69) is 4.90 Å². The summed E-state index contributed by atoms with van der Waals surface area (Å²) < 4.78 is 0. The summed E-state index contributed by atoms with van der Waals surface area (Å²) in [4.78, 5) is 41.8. The highest BCUT2D eigenvalue weighted by molar-refractivity contribution is 5.95. The van der Waals surface area contributed by atoms with Gasteiger partial charge in [-0.2, -0.15) is 0 Å². The summed E-state index contributed by atoms with van der Waals surface area (Å²) in [5.41, 5.74) is 3.11. The molecule has 0 saturated carbocycles. The first-order valence-corrected chi connectivity index (χ1v) is 12.3. The molecular weight excluding hydrogens is 414 g/mol. The summed E-state index contributed by atoms with van der Waals surface area (Å²) in [5, 5.41) is 0. The van der Waals surface area contributed by atoms with Crippen molar-refractivity contribution in [2.75, 3.05) is 31.1 Å². The van der Waals surface area contributed by atoms with E-state index in [4.69, 9.17) is 9.97 Å². The molecule has 33 heavy (non-hydrogen) atoms. The standard InChI is InChI=1S/C26H33N5O2/c1-19-21-12-13-23(32)31(17-20-9-4-2-5-10-20)26(21)28-25(27-19)22-11-8-16-30(22)18-24(33)29-14-6-3-7-15-29/h2,4-5,9-10,22H,3,6-8,11-18H2,1H3/t22-/m1/s1. The Kier molecular flexibility index (Phi) is 6.40. The van der Waals surface area contributed by atoms with Crippen molar-refractivity contribution in [1.29, 1.82) is 0 Å². The van der Waals surface area contributed by atoms with Crippen molar-refractivity contribution < 1.29 is 9.59 Å². The van der Waals surface area contributed by atoms with Crippen LogP contribution in [0.5, 0.6) is 0 Å². The third-order valence-corrected chi connectivity index (χ3v) is 7.25. The van der Waals surface area contributed by atoms with Gasteiger partial charge in [0, 0.05) is 30.8 Å². The van der Waals surface area contributed by atoms with Crippen LogP contribution in [0, 0.1) is 6.92 Å². The summed E-state index contributed by atoms with van der Waals surface area (Å²) in [5.74, 6) is 1.84. The number of fused-ring (bicyclic) bond motifs is 1. The molecule has 2 fully saturated rings. The van der Waals surface area contributed by atoms with Gasteiger partial charge in [0.2, 0.25) is 11.8 Å². The number of carbonyl (C=O) groups is 2. The Labute approximate surface area is 195 Å². The second kappa shape index (κ2) is 9.59. The van der Waals surface area contributed by atoms with Crippen LogP contribution in [0.25, 0.3) is 0 Å². The number of nitrogens with zero attached hydrogens (tertiary/aromatic N) is 5. The molecule has 0 N–H and O–H groups in total. The average molecular weight is 448 g/mol. The highest BCUT2D eigenvalue weighted by atomic mass is 16.2. The van der Waals surface area contributed by atoms with E-state index in [0.717, 1.165) is 73.8 Å². The highest BCUT2D eigenvalue weighted by Gasteiger charge is 2.34. The maximum Gasteiger partial charge on any atom is 0.236 e. The summed E-state index contributed by atoms with van der Waals surface area (Å²) in [6.45, 7) is 5.61. The maximum absolute atomic E-state index is 12.9. The van der Waals surface area contributed by atoms with Crippen molar-refractivity contribution in [3.05, 3.63) is 53.0 Å². The van der Waals surface area contributed by atoms with Crippen molar-refractivity contribution in [1.82, 2.24) is 19.8 Å². The largest absolute Gasteiger partial charge is 0.342 e. The van der Waals surface area contributed by atoms with E-state index in [1.165, 1.54) is 6.42 Å². The highest BCUT2D eigenvalue weighted by Crippen LogP contribution is 2.35. The van der Waals surface area contributed by atoms with E-state index in [-0.39, 0.29) is 17.9 Å². The number of hydrogen-bond acceptors (Lipinski definition) is 5.